The average molecular weight is 254 g/mol. The van der Waals surface area contributed by atoms with Crippen molar-refractivity contribution in [1.82, 2.24) is 5.32 Å². The topological polar surface area (TPSA) is 46.2 Å². The van der Waals surface area contributed by atoms with E-state index in [2.05, 4.69) is 5.32 Å². The molecule has 3 nitrogen and oxygen atoms in total. The van der Waals surface area contributed by atoms with Crippen LogP contribution in [0.4, 0.5) is 0 Å². The van der Waals surface area contributed by atoms with Gasteiger partial charge in [0.2, 0.25) is 5.24 Å². The highest BCUT2D eigenvalue weighted by atomic mass is 35.5. The molecule has 0 aromatic heterocycles. The van der Waals surface area contributed by atoms with Crippen molar-refractivity contribution < 1.29 is 9.59 Å². The summed E-state index contributed by atoms with van der Waals surface area (Å²) in [5.41, 5.74) is 1.44. The van der Waals surface area contributed by atoms with E-state index in [1.165, 1.54) is 0 Å². The maximum absolute atomic E-state index is 12.0. The zero-order valence-corrected chi connectivity index (χ0v) is 10.9. The summed E-state index contributed by atoms with van der Waals surface area (Å²) in [5.74, 6) is -0.302. The zero-order chi connectivity index (χ0) is 13.0. The monoisotopic (exact) mass is 253 g/mol. The first-order chi connectivity index (χ1) is 7.93. The summed E-state index contributed by atoms with van der Waals surface area (Å²) >= 11 is 5.46. The van der Waals surface area contributed by atoms with Crippen LogP contribution in [0.15, 0.2) is 24.3 Å². The summed E-state index contributed by atoms with van der Waals surface area (Å²) in [6.07, 6.45) is 0. The molecule has 92 valence electrons. The molecule has 0 aliphatic rings. The number of hydrogen-bond acceptors (Lipinski definition) is 2. The van der Waals surface area contributed by atoms with Gasteiger partial charge in [-0.25, -0.2) is 0 Å². The Morgan fingerprint density at radius 3 is 2.29 bits per heavy atom. The van der Waals surface area contributed by atoms with Crippen molar-refractivity contribution in [2.75, 3.05) is 0 Å². The highest BCUT2D eigenvalue weighted by Gasteiger charge is 2.23. The number of carbonyl (C=O) groups excluding carboxylic acids is 2. The fourth-order valence-corrected chi connectivity index (χ4v) is 1.84. The normalized spacial score (nSPS) is 12.3. The van der Waals surface area contributed by atoms with Gasteiger partial charge in [0.25, 0.3) is 5.91 Å². The Balaban J connectivity index is 2.85. The Bertz CT molecular complexity index is 429. The van der Waals surface area contributed by atoms with Crippen molar-refractivity contribution >= 4 is 22.8 Å². The SMILES string of the molecule is Cc1ccccc1C(=O)NC(C(=O)Cl)C(C)C. The Hall–Kier alpha value is -1.35. The predicted octanol–water partition coefficient (Wildman–Crippen LogP) is 2.51. The number of carbonyl (C=O) groups is 2. The van der Waals surface area contributed by atoms with Gasteiger partial charge in [0.15, 0.2) is 0 Å². The van der Waals surface area contributed by atoms with Crippen molar-refractivity contribution in [3.63, 3.8) is 0 Å². The molecule has 1 aromatic rings. The van der Waals surface area contributed by atoms with Gasteiger partial charge in [-0.2, -0.15) is 0 Å². The number of amides is 1. The largest absolute Gasteiger partial charge is 0.341 e. The summed E-state index contributed by atoms with van der Waals surface area (Å²) in [4.78, 5) is 23.2. The third kappa shape index (κ3) is 3.56. The summed E-state index contributed by atoms with van der Waals surface area (Å²) in [6, 6.07) is 6.57. The molecule has 1 rings (SSSR count). The number of hydrogen-bond donors (Lipinski definition) is 1. The number of nitrogens with one attached hydrogen (secondary N) is 1. The van der Waals surface area contributed by atoms with Crippen LogP contribution in [-0.4, -0.2) is 17.2 Å². The molecule has 0 bridgehead atoms. The second kappa shape index (κ2) is 5.82. The Kier molecular flexibility index (Phi) is 4.70. The van der Waals surface area contributed by atoms with E-state index in [0.29, 0.717) is 5.56 Å². The van der Waals surface area contributed by atoms with Gasteiger partial charge in [-0.05, 0) is 36.1 Å². The predicted molar refractivity (Wildman–Crippen MR) is 68.1 cm³/mol. The molecule has 0 spiro atoms. The van der Waals surface area contributed by atoms with Gasteiger partial charge < -0.3 is 5.32 Å². The molecule has 0 aliphatic carbocycles. The molecule has 1 unspecified atom stereocenters. The minimum absolute atomic E-state index is 0.0343. The van der Waals surface area contributed by atoms with E-state index in [4.69, 9.17) is 11.6 Å². The van der Waals surface area contributed by atoms with Crippen LogP contribution >= 0.6 is 11.6 Å². The number of aryl methyl sites for hydroxylation is 1. The van der Waals surface area contributed by atoms with Crippen LogP contribution in [0.3, 0.4) is 0 Å². The lowest BCUT2D eigenvalue weighted by Gasteiger charge is -2.18. The van der Waals surface area contributed by atoms with Gasteiger partial charge in [-0.3, -0.25) is 9.59 Å². The molecular formula is C13H16ClNO2. The molecule has 4 heteroatoms. The van der Waals surface area contributed by atoms with E-state index >= 15 is 0 Å². The lowest BCUT2D eigenvalue weighted by Crippen LogP contribution is -2.42. The maximum atomic E-state index is 12.0. The molecule has 1 N–H and O–H groups in total. The highest BCUT2D eigenvalue weighted by molar-refractivity contribution is 6.64. The van der Waals surface area contributed by atoms with Crippen molar-refractivity contribution in [2.45, 2.75) is 26.8 Å². The molecule has 1 aromatic carbocycles. The first kappa shape index (κ1) is 13.7. The summed E-state index contributed by atoms with van der Waals surface area (Å²) in [7, 11) is 0. The second-order valence-corrected chi connectivity index (χ2v) is 4.69. The molecule has 0 fully saturated rings. The van der Waals surface area contributed by atoms with E-state index in [1.54, 1.807) is 12.1 Å². The molecule has 0 aliphatic heterocycles. The van der Waals surface area contributed by atoms with E-state index in [0.717, 1.165) is 5.56 Å². The highest BCUT2D eigenvalue weighted by Crippen LogP contribution is 2.10. The Morgan fingerprint density at radius 2 is 1.82 bits per heavy atom. The zero-order valence-electron chi connectivity index (χ0n) is 10.2. The first-order valence-electron chi connectivity index (χ1n) is 5.49. The molecule has 0 radical (unpaired) electrons. The Labute approximate surface area is 106 Å². The third-order valence-electron chi connectivity index (χ3n) is 2.59. The molecule has 17 heavy (non-hydrogen) atoms. The van der Waals surface area contributed by atoms with E-state index in [1.807, 2.05) is 32.9 Å². The standard InChI is InChI=1S/C13H16ClNO2/c1-8(2)11(12(14)16)15-13(17)10-7-5-4-6-9(10)3/h4-8,11H,1-3H3,(H,15,17). The van der Waals surface area contributed by atoms with Gasteiger partial charge in [-0.1, -0.05) is 32.0 Å². The minimum Gasteiger partial charge on any atom is -0.341 e. The maximum Gasteiger partial charge on any atom is 0.252 e. The minimum atomic E-state index is -0.649. The molecule has 0 saturated carbocycles. The van der Waals surface area contributed by atoms with Crippen molar-refractivity contribution in [1.29, 1.82) is 0 Å². The fourth-order valence-electron chi connectivity index (χ4n) is 1.53. The summed E-state index contributed by atoms with van der Waals surface area (Å²) < 4.78 is 0. The van der Waals surface area contributed by atoms with Gasteiger partial charge in [0.1, 0.15) is 6.04 Å². The molecular weight excluding hydrogens is 238 g/mol. The summed E-state index contributed by atoms with van der Waals surface area (Å²) in [6.45, 7) is 5.52. The van der Waals surface area contributed by atoms with E-state index < -0.39 is 11.3 Å². The first-order valence-corrected chi connectivity index (χ1v) is 5.87. The van der Waals surface area contributed by atoms with Gasteiger partial charge in [0.05, 0.1) is 0 Å². The molecule has 1 amide bonds. The smallest absolute Gasteiger partial charge is 0.252 e. The van der Waals surface area contributed by atoms with Crippen LogP contribution in [0.25, 0.3) is 0 Å². The third-order valence-corrected chi connectivity index (χ3v) is 2.82. The van der Waals surface area contributed by atoms with Crippen LogP contribution in [0.5, 0.6) is 0 Å². The van der Waals surface area contributed by atoms with Gasteiger partial charge in [0, 0.05) is 5.56 Å². The lowest BCUT2D eigenvalue weighted by atomic mass is 10.0. The Morgan fingerprint density at radius 1 is 1.24 bits per heavy atom. The van der Waals surface area contributed by atoms with Crippen LogP contribution < -0.4 is 5.32 Å². The van der Waals surface area contributed by atoms with Crippen molar-refractivity contribution in [2.24, 2.45) is 5.92 Å². The average Bonchev–Trinajstić information content (AvgIpc) is 2.25. The van der Waals surface area contributed by atoms with E-state index in [9.17, 15) is 9.59 Å². The van der Waals surface area contributed by atoms with Gasteiger partial charge >= 0.3 is 0 Å². The van der Waals surface area contributed by atoms with Crippen LogP contribution in [0.1, 0.15) is 29.8 Å². The molecule has 0 saturated heterocycles. The van der Waals surface area contributed by atoms with Crippen LogP contribution in [0.2, 0.25) is 0 Å². The van der Waals surface area contributed by atoms with Crippen LogP contribution in [0, 0.1) is 12.8 Å². The summed E-state index contributed by atoms with van der Waals surface area (Å²) in [5, 5.41) is 2.11. The quantitative estimate of drug-likeness (QED) is 0.838. The molecule has 0 heterocycles. The fraction of sp³-hybridized carbons (Fsp3) is 0.385. The van der Waals surface area contributed by atoms with Crippen molar-refractivity contribution in [3.05, 3.63) is 35.4 Å². The lowest BCUT2D eigenvalue weighted by molar-refractivity contribution is -0.114. The molecule has 1 atom stereocenters. The number of benzene rings is 1. The van der Waals surface area contributed by atoms with E-state index in [-0.39, 0.29) is 11.8 Å². The number of rotatable bonds is 4. The number of halogens is 1. The van der Waals surface area contributed by atoms with Crippen LogP contribution in [-0.2, 0) is 4.79 Å². The second-order valence-electron chi connectivity index (χ2n) is 4.31. The van der Waals surface area contributed by atoms with Gasteiger partial charge in [-0.15, -0.1) is 0 Å². The van der Waals surface area contributed by atoms with Crippen molar-refractivity contribution in [3.8, 4) is 0 Å².